The number of hydrogen-bond donors (Lipinski definition) is 1. The summed E-state index contributed by atoms with van der Waals surface area (Å²) < 4.78 is 42.2. The fourth-order valence-corrected chi connectivity index (χ4v) is 2.59. The van der Waals surface area contributed by atoms with E-state index in [0.29, 0.717) is 16.6 Å². The SMILES string of the molecule is CCNC(Cc1c(F)cccc1F)c1ccc(Br)cc1F. The molecule has 5 heteroatoms. The third-order valence-corrected chi connectivity index (χ3v) is 3.75. The summed E-state index contributed by atoms with van der Waals surface area (Å²) in [5.41, 5.74) is 0.355. The van der Waals surface area contributed by atoms with Crippen LogP contribution in [0.1, 0.15) is 24.1 Å². The van der Waals surface area contributed by atoms with E-state index in [1.807, 2.05) is 6.92 Å². The van der Waals surface area contributed by atoms with Gasteiger partial charge in [0.15, 0.2) is 0 Å². The molecule has 0 aliphatic rings. The van der Waals surface area contributed by atoms with Crippen molar-refractivity contribution >= 4 is 15.9 Å². The van der Waals surface area contributed by atoms with E-state index < -0.39 is 23.5 Å². The predicted octanol–water partition coefficient (Wildman–Crippen LogP) is 4.76. The summed E-state index contributed by atoms with van der Waals surface area (Å²) in [7, 11) is 0. The largest absolute Gasteiger partial charge is 0.310 e. The molecule has 0 saturated heterocycles. The van der Waals surface area contributed by atoms with Gasteiger partial charge < -0.3 is 5.32 Å². The topological polar surface area (TPSA) is 12.0 Å². The molecule has 2 aromatic rings. The first-order chi connectivity index (χ1) is 10.0. The third-order valence-electron chi connectivity index (χ3n) is 3.26. The van der Waals surface area contributed by atoms with Crippen LogP contribution in [-0.4, -0.2) is 6.54 Å². The van der Waals surface area contributed by atoms with Gasteiger partial charge in [0.25, 0.3) is 0 Å². The second kappa shape index (κ2) is 7.09. The van der Waals surface area contributed by atoms with Crippen molar-refractivity contribution in [1.29, 1.82) is 0 Å². The minimum atomic E-state index is -0.615. The maximum absolute atomic E-state index is 14.1. The van der Waals surface area contributed by atoms with E-state index in [1.54, 1.807) is 12.1 Å². The highest BCUT2D eigenvalue weighted by molar-refractivity contribution is 9.10. The van der Waals surface area contributed by atoms with Crippen molar-refractivity contribution in [2.24, 2.45) is 0 Å². The molecular weight excluding hydrogens is 343 g/mol. The highest BCUT2D eigenvalue weighted by atomic mass is 79.9. The first-order valence-electron chi connectivity index (χ1n) is 6.64. The number of hydrogen-bond acceptors (Lipinski definition) is 1. The van der Waals surface area contributed by atoms with Crippen molar-refractivity contribution in [2.45, 2.75) is 19.4 Å². The van der Waals surface area contributed by atoms with E-state index in [-0.39, 0.29) is 12.0 Å². The second-order valence-electron chi connectivity index (χ2n) is 4.68. The lowest BCUT2D eigenvalue weighted by molar-refractivity contribution is 0.480. The van der Waals surface area contributed by atoms with Gasteiger partial charge in [-0.3, -0.25) is 0 Å². The summed E-state index contributed by atoms with van der Waals surface area (Å²) in [5.74, 6) is -1.64. The summed E-state index contributed by atoms with van der Waals surface area (Å²) in [4.78, 5) is 0. The van der Waals surface area contributed by atoms with E-state index in [0.717, 1.165) is 0 Å². The molecule has 0 spiro atoms. The van der Waals surface area contributed by atoms with E-state index in [2.05, 4.69) is 21.2 Å². The Kier molecular flexibility index (Phi) is 5.42. The Bertz CT molecular complexity index is 611. The van der Waals surface area contributed by atoms with Crippen molar-refractivity contribution in [3.63, 3.8) is 0 Å². The molecule has 0 amide bonds. The lowest BCUT2D eigenvalue weighted by atomic mass is 9.97. The molecule has 2 rings (SSSR count). The molecule has 21 heavy (non-hydrogen) atoms. The van der Waals surface area contributed by atoms with E-state index in [4.69, 9.17) is 0 Å². The summed E-state index contributed by atoms with van der Waals surface area (Å²) in [6, 6.07) is 7.91. The molecular formula is C16H15BrF3N. The van der Waals surface area contributed by atoms with Crippen molar-refractivity contribution in [3.05, 3.63) is 69.4 Å². The van der Waals surface area contributed by atoms with Crippen molar-refractivity contribution < 1.29 is 13.2 Å². The number of likely N-dealkylation sites (N-methyl/N-ethyl adjacent to an activating group) is 1. The Hall–Kier alpha value is -1.33. The predicted molar refractivity (Wildman–Crippen MR) is 80.6 cm³/mol. The first-order valence-corrected chi connectivity index (χ1v) is 7.43. The standard InChI is InChI=1S/C16H15BrF3N/c1-2-21-16(11-7-6-10(17)8-15(11)20)9-12-13(18)4-3-5-14(12)19/h3-8,16,21H,2,9H2,1H3. The molecule has 0 aliphatic carbocycles. The quantitative estimate of drug-likeness (QED) is 0.813. The van der Waals surface area contributed by atoms with Crippen LogP contribution in [0.25, 0.3) is 0 Å². The molecule has 1 N–H and O–H groups in total. The van der Waals surface area contributed by atoms with Gasteiger partial charge in [0.1, 0.15) is 17.5 Å². The first kappa shape index (κ1) is 16.0. The zero-order chi connectivity index (χ0) is 15.4. The molecule has 112 valence electrons. The Morgan fingerprint density at radius 3 is 2.29 bits per heavy atom. The van der Waals surface area contributed by atoms with Gasteiger partial charge in [0.05, 0.1) is 0 Å². The summed E-state index contributed by atoms with van der Waals surface area (Å²) in [5, 5.41) is 3.07. The smallest absolute Gasteiger partial charge is 0.129 e. The number of rotatable bonds is 5. The average Bonchev–Trinajstić information content (AvgIpc) is 2.42. The highest BCUT2D eigenvalue weighted by Gasteiger charge is 2.19. The summed E-state index contributed by atoms with van der Waals surface area (Å²) in [6.45, 7) is 2.43. The number of halogens is 4. The van der Waals surface area contributed by atoms with Gasteiger partial charge >= 0.3 is 0 Å². The van der Waals surface area contributed by atoms with E-state index >= 15 is 0 Å². The molecule has 0 aliphatic heterocycles. The molecule has 0 fully saturated rings. The van der Waals surface area contributed by atoms with Gasteiger partial charge in [-0.15, -0.1) is 0 Å². The lowest BCUT2D eigenvalue weighted by Gasteiger charge is -2.20. The van der Waals surface area contributed by atoms with Crippen molar-refractivity contribution in [3.8, 4) is 0 Å². The number of benzene rings is 2. The summed E-state index contributed by atoms with van der Waals surface area (Å²) >= 11 is 3.19. The van der Waals surface area contributed by atoms with Gasteiger partial charge in [-0.05, 0) is 37.2 Å². The van der Waals surface area contributed by atoms with Crippen LogP contribution in [0.4, 0.5) is 13.2 Å². The molecule has 1 nitrogen and oxygen atoms in total. The molecule has 0 aromatic heterocycles. The van der Waals surface area contributed by atoms with Crippen LogP contribution >= 0.6 is 15.9 Å². The molecule has 0 bridgehead atoms. The zero-order valence-electron chi connectivity index (χ0n) is 11.5. The van der Waals surface area contributed by atoms with Crippen LogP contribution in [0, 0.1) is 17.5 Å². The van der Waals surface area contributed by atoms with Crippen LogP contribution in [0.5, 0.6) is 0 Å². The van der Waals surface area contributed by atoms with Gasteiger partial charge in [-0.25, -0.2) is 13.2 Å². The highest BCUT2D eigenvalue weighted by Crippen LogP contribution is 2.26. The van der Waals surface area contributed by atoms with Gasteiger partial charge in [-0.1, -0.05) is 35.0 Å². The maximum Gasteiger partial charge on any atom is 0.129 e. The Labute approximate surface area is 130 Å². The molecule has 0 heterocycles. The molecule has 1 unspecified atom stereocenters. The molecule has 1 atom stereocenters. The Morgan fingerprint density at radius 2 is 1.71 bits per heavy atom. The second-order valence-corrected chi connectivity index (χ2v) is 5.60. The fraction of sp³-hybridized carbons (Fsp3) is 0.250. The summed E-state index contributed by atoms with van der Waals surface area (Å²) in [6.07, 6.45) is 0.0465. The molecule has 0 saturated carbocycles. The third kappa shape index (κ3) is 3.86. The minimum absolute atomic E-state index is 0.0363. The normalized spacial score (nSPS) is 12.4. The maximum atomic E-state index is 14.1. The fourth-order valence-electron chi connectivity index (χ4n) is 2.25. The monoisotopic (exact) mass is 357 g/mol. The van der Waals surface area contributed by atoms with Crippen molar-refractivity contribution in [2.75, 3.05) is 6.54 Å². The zero-order valence-corrected chi connectivity index (χ0v) is 13.1. The average molecular weight is 358 g/mol. The van der Waals surface area contributed by atoms with Crippen LogP contribution in [-0.2, 0) is 6.42 Å². The molecule has 0 radical (unpaired) electrons. The van der Waals surface area contributed by atoms with Gasteiger partial charge in [0.2, 0.25) is 0 Å². The van der Waals surface area contributed by atoms with Crippen LogP contribution in [0.2, 0.25) is 0 Å². The van der Waals surface area contributed by atoms with E-state index in [9.17, 15) is 13.2 Å². The minimum Gasteiger partial charge on any atom is -0.310 e. The lowest BCUT2D eigenvalue weighted by Crippen LogP contribution is -2.24. The van der Waals surface area contributed by atoms with Gasteiger partial charge in [-0.2, -0.15) is 0 Å². The Balaban J connectivity index is 2.35. The van der Waals surface area contributed by atoms with E-state index in [1.165, 1.54) is 24.3 Å². The molecule has 2 aromatic carbocycles. The van der Waals surface area contributed by atoms with Crippen LogP contribution in [0.15, 0.2) is 40.9 Å². The van der Waals surface area contributed by atoms with Crippen LogP contribution < -0.4 is 5.32 Å². The van der Waals surface area contributed by atoms with Gasteiger partial charge in [0, 0.05) is 21.6 Å². The number of nitrogens with one attached hydrogen (secondary N) is 1. The Morgan fingerprint density at radius 1 is 1.05 bits per heavy atom. The van der Waals surface area contributed by atoms with Crippen molar-refractivity contribution in [1.82, 2.24) is 5.32 Å². The van der Waals surface area contributed by atoms with Crippen LogP contribution in [0.3, 0.4) is 0 Å².